The van der Waals surface area contributed by atoms with E-state index >= 15 is 0 Å². The summed E-state index contributed by atoms with van der Waals surface area (Å²) in [6.45, 7) is 3.74. The van der Waals surface area contributed by atoms with Crippen molar-refractivity contribution in [3.05, 3.63) is 65.2 Å². The minimum absolute atomic E-state index is 0.143. The zero-order chi connectivity index (χ0) is 15.4. The van der Waals surface area contributed by atoms with Gasteiger partial charge in [-0.2, -0.15) is 0 Å². The maximum atomic E-state index is 12.6. The van der Waals surface area contributed by atoms with E-state index in [1.165, 1.54) is 4.90 Å². The third-order valence-corrected chi connectivity index (χ3v) is 3.17. The molecule has 0 fully saturated rings. The highest BCUT2D eigenvalue weighted by Gasteiger charge is 2.19. The van der Waals surface area contributed by atoms with E-state index in [4.69, 9.17) is 5.73 Å². The van der Waals surface area contributed by atoms with E-state index < -0.39 is 5.91 Å². The van der Waals surface area contributed by atoms with Gasteiger partial charge in [0.25, 0.3) is 5.91 Å². The van der Waals surface area contributed by atoms with Crippen LogP contribution in [0.2, 0.25) is 0 Å². The molecular weight excluding hydrogens is 264 g/mol. The molecule has 0 aliphatic carbocycles. The van der Waals surface area contributed by atoms with Crippen LogP contribution in [0.3, 0.4) is 0 Å². The van der Waals surface area contributed by atoms with Gasteiger partial charge in [-0.3, -0.25) is 14.5 Å². The number of carbonyl (C=O) groups excluding carboxylic acids is 2. The van der Waals surface area contributed by atoms with E-state index in [-0.39, 0.29) is 12.5 Å². The molecule has 2 N–H and O–H groups in total. The van der Waals surface area contributed by atoms with E-state index in [9.17, 15) is 9.59 Å². The van der Waals surface area contributed by atoms with Crippen molar-refractivity contribution in [1.29, 1.82) is 0 Å². The van der Waals surface area contributed by atoms with E-state index in [0.29, 0.717) is 11.3 Å². The van der Waals surface area contributed by atoms with Crippen LogP contribution in [0.4, 0.5) is 5.69 Å². The maximum Gasteiger partial charge on any atom is 0.258 e. The summed E-state index contributed by atoms with van der Waals surface area (Å²) in [6, 6.07) is 14.7. The van der Waals surface area contributed by atoms with Crippen molar-refractivity contribution < 1.29 is 9.59 Å². The molecule has 2 aromatic rings. The van der Waals surface area contributed by atoms with Crippen LogP contribution < -0.4 is 10.6 Å². The Hall–Kier alpha value is -2.62. The summed E-state index contributed by atoms with van der Waals surface area (Å²) in [5.74, 6) is -0.780. The number of anilines is 1. The Balaban J connectivity index is 2.38. The van der Waals surface area contributed by atoms with Gasteiger partial charge >= 0.3 is 0 Å². The van der Waals surface area contributed by atoms with Gasteiger partial charge < -0.3 is 5.73 Å². The fourth-order valence-corrected chi connectivity index (χ4v) is 2.09. The lowest BCUT2D eigenvalue weighted by molar-refractivity contribution is -0.116. The Kier molecular flexibility index (Phi) is 4.38. The van der Waals surface area contributed by atoms with Crippen LogP contribution in [-0.2, 0) is 4.79 Å². The van der Waals surface area contributed by atoms with E-state index in [0.717, 1.165) is 11.1 Å². The second-order valence-corrected chi connectivity index (χ2v) is 5.06. The fourth-order valence-electron chi connectivity index (χ4n) is 2.09. The Morgan fingerprint density at radius 3 is 2.24 bits per heavy atom. The van der Waals surface area contributed by atoms with Crippen molar-refractivity contribution in [3.8, 4) is 0 Å². The topological polar surface area (TPSA) is 63.4 Å². The van der Waals surface area contributed by atoms with Crippen molar-refractivity contribution in [2.75, 3.05) is 11.4 Å². The standard InChI is InChI=1S/C17H18N2O2/c1-12-6-8-15(9-7-12)19(11-16(18)20)17(21)14-5-3-4-13(2)10-14/h3-10H,11H2,1-2H3,(H2,18,20). The highest BCUT2D eigenvalue weighted by atomic mass is 16.2. The van der Waals surface area contributed by atoms with E-state index in [1.807, 2.05) is 50.2 Å². The predicted molar refractivity (Wildman–Crippen MR) is 83.2 cm³/mol. The van der Waals surface area contributed by atoms with E-state index in [1.54, 1.807) is 12.1 Å². The Morgan fingerprint density at radius 1 is 1.00 bits per heavy atom. The average molecular weight is 282 g/mol. The summed E-state index contributed by atoms with van der Waals surface area (Å²) in [4.78, 5) is 25.3. The van der Waals surface area contributed by atoms with Crippen LogP contribution in [0.1, 0.15) is 21.5 Å². The molecule has 21 heavy (non-hydrogen) atoms. The third kappa shape index (κ3) is 3.69. The van der Waals surface area contributed by atoms with Gasteiger partial charge in [0, 0.05) is 11.3 Å². The number of carbonyl (C=O) groups is 2. The molecule has 2 amide bonds. The number of amides is 2. The number of nitrogens with two attached hydrogens (primary N) is 1. The third-order valence-electron chi connectivity index (χ3n) is 3.17. The number of aryl methyl sites for hydroxylation is 2. The molecule has 0 spiro atoms. The summed E-state index contributed by atoms with van der Waals surface area (Å²) in [7, 11) is 0. The van der Waals surface area contributed by atoms with Crippen LogP contribution in [-0.4, -0.2) is 18.4 Å². The SMILES string of the molecule is Cc1ccc(N(CC(N)=O)C(=O)c2cccc(C)c2)cc1. The molecule has 0 heterocycles. The van der Waals surface area contributed by atoms with Gasteiger partial charge in [-0.05, 0) is 38.1 Å². The Morgan fingerprint density at radius 2 is 1.67 bits per heavy atom. The van der Waals surface area contributed by atoms with E-state index in [2.05, 4.69) is 0 Å². The normalized spacial score (nSPS) is 10.2. The predicted octanol–water partition coefficient (Wildman–Crippen LogP) is 2.44. The smallest absolute Gasteiger partial charge is 0.258 e. The number of benzene rings is 2. The first-order valence-corrected chi connectivity index (χ1v) is 6.71. The van der Waals surface area contributed by atoms with Gasteiger partial charge in [-0.1, -0.05) is 35.4 Å². The summed E-state index contributed by atoms with van der Waals surface area (Å²) in [5, 5.41) is 0. The Labute approximate surface area is 124 Å². The van der Waals surface area contributed by atoms with Crippen LogP contribution in [0.25, 0.3) is 0 Å². The summed E-state index contributed by atoms with van der Waals surface area (Å²) in [5.41, 5.74) is 8.54. The maximum absolute atomic E-state index is 12.6. The summed E-state index contributed by atoms with van der Waals surface area (Å²) >= 11 is 0. The molecule has 0 unspecified atom stereocenters. The molecule has 0 aliphatic heterocycles. The summed E-state index contributed by atoms with van der Waals surface area (Å²) < 4.78 is 0. The molecule has 2 aromatic carbocycles. The van der Waals surface area contributed by atoms with Crippen molar-refractivity contribution in [2.45, 2.75) is 13.8 Å². The molecule has 0 aromatic heterocycles. The molecule has 4 nitrogen and oxygen atoms in total. The Bertz CT molecular complexity index is 663. The highest BCUT2D eigenvalue weighted by molar-refractivity contribution is 6.08. The quantitative estimate of drug-likeness (QED) is 0.936. The van der Waals surface area contributed by atoms with Gasteiger partial charge in [0.1, 0.15) is 6.54 Å². The second kappa shape index (κ2) is 6.22. The second-order valence-electron chi connectivity index (χ2n) is 5.06. The van der Waals surface area contributed by atoms with Gasteiger partial charge in [0.2, 0.25) is 5.91 Å². The number of primary amides is 1. The molecule has 108 valence electrons. The van der Waals surface area contributed by atoms with Gasteiger partial charge in [-0.25, -0.2) is 0 Å². The first-order valence-electron chi connectivity index (χ1n) is 6.71. The van der Waals surface area contributed by atoms with Gasteiger partial charge in [0.05, 0.1) is 0 Å². The number of rotatable bonds is 4. The molecule has 0 atom stereocenters. The molecule has 0 bridgehead atoms. The number of hydrogen-bond acceptors (Lipinski definition) is 2. The minimum atomic E-state index is -0.545. The molecule has 0 saturated carbocycles. The van der Waals surface area contributed by atoms with Crippen molar-refractivity contribution in [2.24, 2.45) is 5.73 Å². The van der Waals surface area contributed by atoms with Crippen molar-refractivity contribution in [3.63, 3.8) is 0 Å². The highest BCUT2D eigenvalue weighted by Crippen LogP contribution is 2.18. The zero-order valence-electron chi connectivity index (χ0n) is 12.2. The molecule has 0 radical (unpaired) electrons. The van der Waals surface area contributed by atoms with Crippen LogP contribution in [0.5, 0.6) is 0 Å². The zero-order valence-corrected chi connectivity index (χ0v) is 12.2. The molecule has 4 heteroatoms. The monoisotopic (exact) mass is 282 g/mol. The number of hydrogen-bond donors (Lipinski definition) is 1. The lowest BCUT2D eigenvalue weighted by atomic mass is 10.1. The molecule has 0 aliphatic rings. The van der Waals surface area contributed by atoms with Gasteiger partial charge in [0.15, 0.2) is 0 Å². The molecule has 0 saturated heterocycles. The van der Waals surface area contributed by atoms with Crippen LogP contribution in [0, 0.1) is 13.8 Å². The lowest BCUT2D eigenvalue weighted by Gasteiger charge is -2.21. The minimum Gasteiger partial charge on any atom is -0.368 e. The van der Waals surface area contributed by atoms with Crippen LogP contribution >= 0.6 is 0 Å². The largest absolute Gasteiger partial charge is 0.368 e. The molecular formula is C17H18N2O2. The fraction of sp³-hybridized carbons (Fsp3) is 0.176. The lowest BCUT2D eigenvalue weighted by Crippen LogP contribution is -2.38. The summed E-state index contributed by atoms with van der Waals surface area (Å²) in [6.07, 6.45) is 0. The van der Waals surface area contributed by atoms with Crippen molar-refractivity contribution >= 4 is 17.5 Å². The average Bonchev–Trinajstić information content (AvgIpc) is 2.45. The first kappa shape index (κ1) is 14.8. The van der Waals surface area contributed by atoms with Crippen molar-refractivity contribution in [1.82, 2.24) is 0 Å². The van der Waals surface area contributed by atoms with Gasteiger partial charge in [-0.15, -0.1) is 0 Å². The first-order chi connectivity index (χ1) is 9.97. The number of nitrogens with zero attached hydrogens (tertiary/aromatic N) is 1. The molecule has 2 rings (SSSR count). The van der Waals surface area contributed by atoms with Crippen LogP contribution in [0.15, 0.2) is 48.5 Å².